The summed E-state index contributed by atoms with van der Waals surface area (Å²) < 4.78 is 0. The minimum Gasteiger partial charge on any atom is -0.174 e. The van der Waals surface area contributed by atoms with E-state index in [1.807, 2.05) is 0 Å². The number of rotatable bonds is 0. The van der Waals surface area contributed by atoms with E-state index in [9.17, 15) is 0 Å². The van der Waals surface area contributed by atoms with Gasteiger partial charge in [0.1, 0.15) is 0 Å². The molecule has 0 aliphatic carbocycles. The summed E-state index contributed by atoms with van der Waals surface area (Å²) in [6.07, 6.45) is 0. The molecular weight excluding hydrogens is 185 g/mol. The summed E-state index contributed by atoms with van der Waals surface area (Å²) in [5.74, 6) is 0. The second kappa shape index (κ2) is 4.54. The molecule has 0 nitrogen and oxygen atoms in total. The third kappa shape index (κ3) is 2.38. The van der Waals surface area contributed by atoms with Gasteiger partial charge in [0.15, 0.2) is 0 Å². The van der Waals surface area contributed by atoms with E-state index in [-0.39, 0.29) is 18.9 Å². The van der Waals surface area contributed by atoms with Crippen LogP contribution in [0.2, 0.25) is 15.1 Å². The molecule has 4 heteroatoms. The van der Waals surface area contributed by atoms with Crippen LogP contribution in [0, 0.1) is 6.07 Å². The van der Waals surface area contributed by atoms with E-state index in [0.717, 1.165) is 0 Å². The van der Waals surface area contributed by atoms with Gasteiger partial charge in [0, 0.05) is 0 Å². The van der Waals surface area contributed by atoms with Gasteiger partial charge in [0.25, 0.3) is 0 Å². The number of hydrogen-bond acceptors (Lipinski definition) is 0. The molecule has 10 heavy (non-hydrogen) atoms. The standard InChI is InChI=1S/C6H2Cl3.Li/c7-4-2-1-3-5(8)6(4)9;/h1-2H;/q-1;+1. The second-order valence-electron chi connectivity index (χ2n) is 1.45. The van der Waals surface area contributed by atoms with Gasteiger partial charge in [-0.25, -0.2) is 0 Å². The van der Waals surface area contributed by atoms with Crippen LogP contribution < -0.4 is 18.9 Å². The number of hydrogen-bond donors (Lipinski definition) is 0. The first-order valence-corrected chi connectivity index (χ1v) is 3.36. The van der Waals surface area contributed by atoms with Crippen LogP contribution in [0.4, 0.5) is 0 Å². The Labute approximate surface area is 86.6 Å². The second-order valence-corrected chi connectivity index (χ2v) is 2.62. The van der Waals surface area contributed by atoms with Crippen molar-refractivity contribution in [3.63, 3.8) is 0 Å². The first kappa shape index (κ1) is 10.7. The molecule has 0 aromatic heterocycles. The van der Waals surface area contributed by atoms with Crippen LogP contribution in [-0.2, 0) is 0 Å². The van der Waals surface area contributed by atoms with Gasteiger partial charge >= 0.3 is 18.9 Å². The molecule has 0 N–H and O–H groups in total. The maximum atomic E-state index is 5.58. The molecular formula is C6H2Cl3Li. The smallest absolute Gasteiger partial charge is 0.174 e. The van der Waals surface area contributed by atoms with Gasteiger partial charge in [0.2, 0.25) is 0 Å². The molecule has 0 aliphatic heterocycles. The molecule has 0 saturated heterocycles. The summed E-state index contributed by atoms with van der Waals surface area (Å²) in [5, 5.41) is 1.19. The van der Waals surface area contributed by atoms with Crippen molar-refractivity contribution in [3.8, 4) is 0 Å². The molecule has 0 spiro atoms. The predicted molar refractivity (Wildman–Crippen MR) is 40.3 cm³/mol. The van der Waals surface area contributed by atoms with Crippen molar-refractivity contribution in [1.82, 2.24) is 0 Å². The van der Waals surface area contributed by atoms with Crippen LogP contribution in [0.3, 0.4) is 0 Å². The summed E-state index contributed by atoms with van der Waals surface area (Å²) in [5.41, 5.74) is 0. The molecule has 0 heterocycles. The Balaban J connectivity index is 0.000000810. The topological polar surface area (TPSA) is 0 Å². The van der Waals surface area contributed by atoms with E-state index in [0.29, 0.717) is 15.1 Å². The fraction of sp³-hybridized carbons (Fsp3) is 0. The van der Waals surface area contributed by atoms with Crippen molar-refractivity contribution < 1.29 is 18.9 Å². The number of halogens is 3. The van der Waals surface area contributed by atoms with Gasteiger partial charge in [-0.3, -0.25) is 0 Å². The molecule has 1 aromatic rings. The maximum Gasteiger partial charge on any atom is 1.00 e. The minimum atomic E-state index is 0. The van der Waals surface area contributed by atoms with Gasteiger partial charge in [0.05, 0.1) is 0 Å². The Morgan fingerprint density at radius 2 is 1.80 bits per heavy atom. The van der Waals surface area contributed by atoms with E-state index in [4.69, 9.17) is 34.8 Å². The summed E-state index contributed by atoms with van der Waals surface area (Å²) in [7, 11) is 0. The van der Waals surface area contributed by atoms with Crippen molar-refractivity contribution in [2.75, 3.05) is 0 Å². The van der Waals surface area contributed by atoms with E-state index >= 15 is 0 Å². The SMILES string of the molecule is Clc1[c-]ccc(Cl)c1Cl.[Li+]. The summed E-state index contributed by atoms with van der Waals surface area (Å²) in [6.45, 7) is 0. The van der Waals surface area contributed by atoms with Gasteiger partial charge in [-0.15, -0.1) is 23.2 Å². The Morgan fingerprint density at radius 3 is 2.20 bits per heavy atom. The molecule has 0 fully saturated rings. The molecule has 0 saturated carbocycles. The third-order valence-corrected chi connectivity index (χ3v) is 2.04. The zero-order valence-corrected chi connectivity index (χ0v) is 7.56. The quantitative estimate of drug-likeness (QED) is 0.314. The first-order chi connectivity index (χ1) is 4.22. The summed E-state index contributed by atoms with van der Waals surface area (Å²) in [6, 6.07) is 5.95. The van der Waals surface area contributed by atoms with Crippen molar-refractivity contribution in [3.05, 3.63) is 33.3 Å². The zero-order valence-electron chi connectivity index (χ0n) is 5.29. The third-order valence-electron chi connectivity index (χ3n) is 0.842. The Kier molecular flexibility index (Phi) is 4.85. The molecule has 1 aromatic carbocycles. The molecule has 0 atom stereocenters. The first-order valence-electron chi connectivity index (χ1n) is 2.23. The minimum absolute atomic E-state index is 0. The van der Waals surface area contributed by atoms with Crippen molar-refractivity contribution >= 4 is 34.8 Å². The van der Waals surface area contributed by atoms with Crippen LogP contribution in [0.25, 0.3) is 0 Å². The summed E-state index contributed by atoms with van der Waals surface area (Å²) >= 11 is 16.7. The monoisotopic (exact) mass is 186 g/mol. The van der Waals surface area contributed by atoms with Crippen LogP contribution in [0.5, 0.6) is 0 Å². The molecule has 0 bridgehead atoms. The Hall–Kier alpha value is 0.687. The van der Waals surface area contributed by atoms with Crippen LogP contribution in [0.1, 0.15) is 0 Å². The van der Waals surface area contributed by atoms with Gasteiger partial charge in [-0.2, -0.15) is 29.8 Å². The molecule has 0 amide bonds. The summed E-state index contributed by atoms with van der Waals surface area (Å²) in [4.78, 5) is 0. The van der Waals surface area contributed by atoms with Gasteiger partial charge in [-0.05, 0) is 10.0 Å². The van der Waals surface area contributed by atoms with Crippen LogP contribution in [0.15, 0.2) is 12.1 Å². The van der Waals surface area contributed by atoms with E-state index < -0.39 is 0 Å². The van der Waals surface area contributed by atoms with E-state index in [1.54, 1.807) is 12.1 Å². The maximum absolute atomic E-state index is 5.58. The molecule has 1 rings (SSSR count). The van der Waals surface area contributed by atoms with Crippen molar-refractivity contribution in [1.29, 1.82) is 0 Å². The average Bonchev–Trinajstić information content (AvgIpc) is 1.83. The van der Waals surface area contributed by atoms with Crippen molar-refractivity contribution in [2.24, 2.45) is 0 Å². The van der Waals surface area contributed by atoms with Crippen molar-refractivity contribution in [2.45, 2.75) is 0 Å². The van der Waals surface area contributed by atoms with Gasteiger partial charge in [-0.1, -0.05) is 5.02 Å². The molecule has 0 radical (unpaired) electrons. The Morgan fingerprint density at radius 1 is 1.20 bits per heavy atom. The largest absolute Gasteiger partial charge is 1.00 e. The predicted octanol–water partition coefficient (Wildman–Crippen LogP) is 0.451. The molecule has 0 unspecified atom stereocenters. The molecule has 0 aliphatic rings. The van der Waals surface area contributed by atoms with E-state index in [2.05, 4.69) is 6.07 Å². The fourth-order valence-corrected chi connectivity index (χ4v) is 0.918. The van der Waals surface area contributed by atoms with Crippen LogP contribution >= 0.6 is 34.8 Å². The van der Waals surface area contributed by atoms with Crippen LogP contribution in [-0.4, -0.2) is 0 Å². The average molecular weight is 187 g/mol. The molecule has 48 valence electrons. The van der Waals surface area contributed by atoms with Gasteiger partial charge < -0.3 is 0 Å². The Bertz CT molecular complexity index is 204. The normalized spacial score (nSPS) is 8.70. The zero-order chi connectivity index (χ0) is 6.85. The fourth-order valence-electron chi connectivity index (χ4n) is 0.429. The number of benzene rings is 1. The van der Waals surface area contributed by atoms with E-state index in [1.165, 1.54) is 0 Å².